The zero-order chi connectivity index (χ0) is 30.2. The number of aromatic nitrogens is 3. The van der Waals surface area contributed by atoms with Gasteiger partial charge < -0.3 is 24.4 Å². The smallest absolute Gasteiger partial charge is 0.312 e. The molecule has 2 aromatic rings. The van der Waals surface area contributed by atoms with E-state index in [4.69, 9.17) is 9.47 Å². The molecule has 4 heterocycles. The number of likely N-dealkylation sites (tertiary alicyclic amines) is 1. The van der Waals surface area contributed by atoms with E-state index in [-0.39, 0.29) is 44.2 Å². The molecule has 0 saturated carbocycles. The van der Waals surface area contributed by atoms with Crippen LogP contribution in [0.4, 0.5) is 0 Å². The van der Waals surface area contributed by atoms with Crippen LogP contribution in [0.15, 0.2) is 49.6 Å². The van der Waals surface area contributed by atoms with Crippen molar-refractivity contribution in [2.24, 2.45) is 17.8 Å². The maximum absolute atomic E-state index is 14.7. The van der Waals surface area contributed by atoms with Gasteiger partial charge in [-0.25, -0.2) is 4.68 Å². The number of hydrogen-bond donors (Lipinski definition) is 1. The monoisotopic (exact) mass is 579 g/mol. The number of para-hydroxylation sites is 1. The van der Waals surface area contributed by atoms with Gasteiger partial charge in [0.05, 0.1) is 36.3 Å². The van der Waals surface area contributed by atoms with Gasteiger partial charge in [-0.3, -0.25) is 14.4 Å². The number of carbonyl (C=O) groups is 3. The molecule has 7 atom stereocenters. The summed E-state index contributed by atoms with van der Waals surface area (Å²) in [5, 5.41) is 19.1. The van der Waals surface area contributed by atoms with Gasteiger partial charge in [-0.2, -0.15) is 0 Å². The Balaban J connectivity index is 1.57. The van der Waals surface area contributed by atoms with Gasteiger partial charge in [0.1, 0.15) is 29.7 Å². The van der Waals surface area contributed by atoms with Crippen molar-refractivity contribution in [1.82, 2.24) is 24.8 Å². The molecule has 2 bridgehead atoms. The molecule has 42 heavy (non-hydrogen) atoms. The first-order valence-electron chi connectivity index (χ1n) is 14.8. The second-order valence-corrected chi connectivity index (χ2v) is 11.9. The lowest BCUT2D eigenvalue weighted by molar-refractivity contribution is -0.163. The number of ether oxygens (including phenoxy) is 2. The minimum absolute atomic E-state index is 0.0715. The zero-order valence-corrected chi connectivity index (χ0v) is 24.6. The average molecular weight is 580 g/mol. The van der Waals surface area contributed by atoms with Gasteiger partial charge in [0.2, 0.25) is 11.8 Å². The highest BCUT2D eigenvalue weighted by atomic mass is 16.6. The lowest BCUT2D eigenvalue weighted by Crippen LogP contribution is -2.60. The highest BCUT2D eigenvalue weighted by molar-refractivity contribution is 5.98. The molecule has 0 aliphatic carbocycles. The second kappa shape index (κ2) is 11.6. The van der Waals surface area contributed by atoms with Crippen molar-refractivity contribution < 1.29 is 29.0 Å². The molecule has 5 rings (SSSR count). The van der Waals surface area contributed by atoms with Gasteiger partial charge in [-0.15, -0.1) is 18.3 Å². The number of esters is 1. The molecule has 1 aromatic carbocycles. The van der Waals surface area contributed by atoms with Crippen LogP contribution in [0.2, 0.25) is 0 Å². The van der Waals surface area contributed by atoms with Crippen LogP contribution in [0.25, 0.3) is 11.0 Å². The highest BCUT2D eigenvalue weighted by Gasteiger charge is 2.79. The van der Waals surface area contributed by atoms with Crippen LogP contribution in [0.3, 0.4) is 0 Å². The minimum Gasteiger partial charge on any atom is -0.465 e. The fraction of sp³-hybridized carbons (Fsp3) is 0.581. The van der Waals surface area contributed by atoms with Crippen LogP contribution < -0.4 is 0 Å². The normalized spacial score (nSPS) is 29.4. The molecule has 0 radical (unpaired) electrons. The number of amides is 2. The van der Waals surface area contributed by atoms with Crippen LogP contribution in [-0.2, 0) is 30.5 Å². The van der Waals surface area contributed by atoms with E-state index in [1.807, 2.05) is 45.0 Å². The van der Waals surface area contributed by atoms with Gasteiger partial charge in [-0.05, 0) is 44.2 Å². The summed E-state index contributed by atoms with van der Waals surface area (Å²) >= 11 is 0. The number of benzene rings is 1. The summed E-state index contributed by atoms with van der Waals surface area (Å²) in [6.07, 6.45) is 5.38. The van der Waals surface area contributed by atoms with Crippen molar-refractivity contribution in [2.75, 3.05) is 19.8 Å². The predicted molar refractivity (Wildman–Crippen MR) is 155 cm³/mol. The number of aliphatic hydroxyl groups excluding tert-OH is 1. The number of hydrogen-bond acceptors (Lipinski definition) is 8. The molecule has 2 unspecified atom stereocenters. The Kier molecular flexibility index (Phi) is 8.26. The molecular weight excluding hydrogens is 538 g/mol. The molecule has 11 heteroatoms. The van der Waals surface area contributed by atoms with Gasteiger partial charge in [0, 0.05) is 6.54 Å². The SMILES string of the molecule is C=CCCOC(=O)[C@@H]1[C@H]2C(=O)N([C@@H](CO)[C@@H](C)CC)C(C(=O)N(CC=C)Cn3nnc4ccccc43)C23CC[C@@]1(C)O3. The topological polar surface area (TPSA) is 127 Å². The van der Waals surface area contributed by atoms with E-state index in [1.54, 1.807) is 21.7 Å². The zero-order valence-electron chi connectivity index (χ0n) is 24.6. The summed E-state index contributed by atoms with van der Waals surface area (Å²) in [6.45, 7) is 13.4. The Morgan fingerprint density at radius 1 is 1.29 bits per heavy atom. The first kappa shape index (κ1) is 29.9. The second-order valence-electron chi connectivity index (χ2n) is 11.9. The van der Waals surface area contributed by atoms with Gasteiger partial charge in [0.25, 0.3) is 0 Å². The van der Waals surface area contributed by atoms with Crippen LogP contribution in [0, 0.1) is 17.8 Å². The predicted octanol–water partition coefficient (Wildman–Crippen LogP) is 2.69. The fourth-order valence-electron chi connectivity index (χ4n) is 7.23. The summed E-state index contributed by atoms with van der Waals surface area (Å²) in [4.78, 5) is 45.8. The Morgan fingerprint density at radius 2 is 2.05 bits per heavy atom. The van der Waals surface area contributed by atoms with Crippen molar-refractivity contribution in [3.8, 4) is 0 Å². The molecule has 3 fully saturated rings. The number of carbonyl (C=O) groups excluding carboxylic acids is 3. The third-order valence-corrected chi connectivity index (χ3v) is 9.50. The maximum atomic E-state index is 14.7. The van der Waals surface area contributed by atoms with Crippen molar-refractivity contribution in [3.63, 3.8) is 0 Å². The van der Waals surface area contributed by atoms with E-state index in [0.29, 0.717) is 31.2 Å². The van der Waals surface area contributed by atoms with E-state index in [2.05, 4.69) is 23.5 Å². The standard InChI is InChI=1S/C31H41N5O6/c1-6-9-17-41-29(40)25-24-27(38)36(23(18-37)20(4)8-3)26(31(24)15-14-30(25,5)42-31)28(39)34(16-7-2)19-35-22-13-11-10-12-21(22)32-33-35/h6-7,10-13,20,23-26,37H,1-2,8-9,14-19H2,3-5H3/t20-,23-,24-,25-,26?,30+,31?/m0/s1. The molecule has 1 spiro atoms. The van der Waals surface area contributed by atoms with Crippen LogP contribution in [0.1, 0.15) is 46.5 Å². The van der Waals surface area contributed by atoms with E-state index < -0.39 is 41.1 Å². The van der Waals surface area contributed by atoms with E-state index in [1.165, 1.54) is 4.90 Å². The van der Waals surface area contributed by atoms with E-state index >= 15 is 0 Å². The lowest BCUT2D eigenvalue weighted by atomic mass is 9.66. The molecule has 3 aliphatic rings. The van der Waals surface area contributed by atoms with Crippen LogP contribution >= 0.6 is 0 Å². The third kappa shape index (κ3) is 4.63. The average Bonchev–Trinajstić information content (AvgIpc) is 3.69. The Morgan fingerprint density at radius 3 is 2.74 bits per heavy atom. The first-order valence-corrected chi connectivity index (χ1v) is 14.8. The van der Waals surface area contributed by atoms with E-state index in [9.17, 15) is 19.5 Å². The molecule has 226 valence electrons. The Bertz CT molecular complexity index is 1380. The number of fused-ring (bicyclic) bond motifs is 2. The van der Waals surface area contributed by atoms with Crippen LogP contribution in [0.5, 0.6) is 0 Å². The molecule has 1 N–H and O–H groups in total. The third-order valence-electron chi connectivity index (χ3n) is 9.50. The molecular formula is C31H41N5O6. The Hall–Kier alpha value is -3.57. The summed E-state index contributed by atoms with van der Waals surface area (Å²) in [5.74, 6) is -3.09. The fourth-order valence-corrected chi connectivity index (χ4v) is 7.23. The minimum atomic E-state index is -1.24. The highest BCUT2D eigenvalue weighted by Crippen LogP contribution is 2.64. The number of rotatable bonds is 13. The first-order chi connectivity index (χ1) is 20.2. The van der Waals surface area contributed by atoms with Gasteiger partial charge in [0.15, 0.2) is 0 Å². The lowest BCUT2D eigenvalue weighted by Gasteiger charge is -2.41. The van der Waals surface area contributed by atoms with Gasteiger partial charge in [-0.1, -0.05) is 49.8 Å². The van der Waals surface area contributed by atoms with Crippen molar-refractivity contribution in [2.45, 2.75) is 76.4 Å². The van der Waals surface area contributed by atoms with Crippen molar-refractivity contribution >= 4 is 28.8 Å². The van der Waals surface area contributed by atoms with Crippen molar-refractivity contribution in [1.29, 1.82) is 0 Å². The molecule has 1 aromatic heterocycles. The number of aliphatic hydroxyl groups is 1. The molecule has 3 aliphatic heterocycles. The maximum Gasteiger partial charge on any atom is 0.312 e. The summed E-state index contributed by atoms with van der Waals surface area (Å²) in [7, 11) is 0. The largest absolute Gasteiger partial charge is 0.465 e. The van der Waals surface area contributed by atoms with Crippen LogP contribution in [-0.4, -0.2) is 90.7 Å². The van der Waals surface area contributed by atoms with Crippen molar-refractivity contribution in [3.05, 3.63) is 49.6 Å². The summed E-state index contributed by atoms with van der Waals surface area (Å²) in [5.41, 5.74) is -0.737. The quantitative estimate of drug-likeness (QED) is 0.218. The molecule has 11 nitrogen and oxygen atoms in total. The summed E-state index contributed by atoms with van der Waals surface area (Å²) in [6, 6.07) is 5.78. The molecule has 2 amide bonds. The summed E-state index contributed by atoms with van der Waals surface area (Å²) < 4.78 is 13.9. The number of nitrogens with zero attached hydrogens (tertiary/aromatic N) is 5. The van der Waals surface area contributed by atoms with Gasteiger partial charge >= 0.3 is 5.97 Å². The van der Waals surface area contributed by atoms with E-state index in [0.717, 1.165) is 5.52 Å². The Labute approximate surface area is 246 Å². The molecule has 3 saturated heterocycles.